The number of rotatable bonds is 3. The van der Waals surface area contributed by atoms with Crippen molar-refractivity contribution in [3.63, 3.8) is 0 Å². The Labute approximate surface area is 132 Å². The van der Waals surface area contributed by atoms with Crippen LogP contribution in [-0.2, 0) is 9.53 Å². The van der Waals surface area contributed by atoms with Gasteiger partial charge >= 0.3 is 12.0 Å². The van der Waals surface area contributed by atoms with Crippen molar-refractivity contribution in [1.82, 2.24) is 5.32 Å². The van der Waals surface area contributed by atoms with Gasteiger partial charge in [0.15, 0.2) is 0 Å². The first-order valence-corrected chi connectivity index (χ1v) is 8.33. The van der Waals surface area contributed by atoms with E-state index in [1.807, 2.05) is 0 Å². The molecule has 2 N–H and O–H groups in total. The van der Waals surface area contributed by atoms with Gasteiger partial charge in [-0.25, -0.2) is 0 Å². The number of carbonyl (C=O) groups excluding carboxylic acids is 2. The number of nitrogens with one attached hydrogen (secondary N) is 1. The lowest BCUT2D eigenvalue weighted by Crippen LogP contribution is -2.64. The quantitative estimate of drug-likeness (QED) is 0.780. The van der Waals surface area contributed by atoms with Gasteiger partial charge < -0.3 is 15.2 Å². The molecule has 6 nitrogen and oxygen atoms in total. The van der Waals surface area contributed by atoms with E-state index in [9.17, 15) is 14.7 Å². The molecule has 1 saturated carbocycles. The highest BCUT2D eigenvalue weighted by Gasteiger charge is 2.52. The predicted octanol–water partition coefficient (Wildman–Crippen LogP) is 1.91. The Morgan fingerprint density at radius 3 is 2.18 bits per heavy atom. The molecule has 1 saturated heterocycles. The number of amides is 2. The van der Waals surface area contributed by atoms with E-state index < -0.39 is 23.8 Å². The van der Waals surface area contributed by atoms with Crippen molar-refractivity contribution in [1.29, 1.82) is 0 Å². The molecule has 0 spiro atoms. The molecule has 1 aliphatic carbocycles. The minimum atomic E-state index is -1.38. The van der Waals surface area contributed by atoms with E-state index in [4.69, 9.17) is 4.74 Å². The Bertz CT molecular complexity index is 418. The SMILES string of the molecule is CC(C)(C)OC(=O)[N+]1(C(O)C(=O)NC2CCCC2)CCCC1. The number of likely N-dealkylation sites (tertiary alicyclic amines) is 1. The molecular weight excluding hydrogens is 284 g/mol. The standard InChI is InChI=1S/C16H28N2O4/c1-16(2,3)22-15(21)18(10-6-7-11-18)14(20)13(19)17-12-8-4-5-9-12/h12,14,20H,4-11H2,1-3H3/p+1. The average molecular weight is 313 g/mol. The third-order valence-electron chi connectivity index (χ3n) is 4.53. The van der Waals surface area contributed by atoms with Crippen molar-refractivity contribution in [2.24, 2.45) is 0 Å². The zero-order chi connectivity index (χ0) is 16.4. The second-order valence-electron chi connectivity index (χ2n) is 7.53. The lowest BCUT2D eigenvalue weighted by atomic mass is 10.2. The summed E-state index contributed by atoms with van der Waals surface area (Å²) in [6.07, 6.45) is 3.85. The van der Waals surface area contributed by atoms with Crippen LogP contribution in [0.25, 0.3) is 0 Å². The summed E-state index contributed by atoms with van der Waals surface area (Å²) in [6, 6.07) is 0.128. The van der Waals surface area contributed by atoms with Crippen LogP contribution in [-0.4, -0.2) is 52.6 Å². The molecule has 2 aliphatic rings. The summed E-state index contributed by atoms with van der Waals surface area (Å²) < 4.78 is 5.16. The molecule has 126 valence electrons. The van der Waals surface area contributed by atoms with Gasteiger partial charge in [-0.1, -0.05) is 12.8 Å². The molecule has 0 radical (unpaired) electrons. The van der Waals surface area contributed by atoms with Crippen LogP contribution in [0, 0.1) is 0 Å². The second-order valence-corrected chi connectivity index (χ2v) is 7.53. The lowest BCUT2D eigenvalue weighted by Gasteiger charge is -2.35. The van der Waals surface area contributed by atoms with Crippen LogP contribution in [0.2, 0.25) is 0 Å². The molecule has 2 rings (SSSR count). The molecular formula is C16H29N2O4+. The van der Waals surface area contributed by atoms with Gasteiger partial charge in [-0.05, 0) is 33.6 Å². The van der Waals surface area contributed by atoms with Gasteiger partial charge in [0.05, 0.1) is 13.1 Å². The lowest BCUT2D eigenvalue weighted by molar-refractivity contribution is -0.884. The fraction of sp³-hybridized carbons (Fsp3) is 0.875. The largest absolute Gasteiger partial charge is 0.519 e. The van der Waals surface area contributed by atoms with E-state index in [1.54, 1.807) is 20.8 Å². The Hall–Kier alpha value is -1.14. The number of hydrogen-bond acceptors (Lipinski definition) is 4. The Morgan fingerprint density at radius 2 is 1.68 bits per heavy atom. The van der Waals surface area contributed by atoms with E-state index in [0.29, 0.717) is 13.1 Å². The molecule has 1 atom stereocenters. The molecule has 1 aliphatic heterocycles. The monoisotopic (exact) mass is 313 g/mol. The second kappa shape index (κ2) is 6.54. The third kappa shape index (κ3) is 3.79. The minimum Gasteiger partial charge on any atom is -0.414 e. The maximum atomic E-state index is 12.6. The maximum Gasteiger partial charge on any atom is 0.519 e. The van der Waals surface area contributed by atoms with Crippen molar-refractivity contribution in [3.05, 3.63) is 0 Å². The van der Waals surface area contributed by atoms with Gasteiger partial charge in [-0.3, -0.25) is 4.79 Å². The first-order valence-electron chi connectivity index (χ1n) is 8.33. The van der Waals surface area contributed by atoms with Crippen molar-refractivity contribution in [2.75, 3.05) is 13.1 Å². The number of nitrogens with zero attached hydrogens (tertiary/aromatic N) is 1. The topological polar surface area (TPSA) is 75.6 Å². The van der Waals surface area contributed by atoms with E-state index in [0.717, 1.165) is 38.5 Å². The van der Waals surface area contributed by atoms with Crippen LogP contribution in [0.15, 0.2) is 0 Å². The van der Waals surface area contributed by atoms with Gasteiger partial charge in [0, 0.05) is 18.9 Å². The maximum absolute atomic E-state index is 12.6. The first kappa shape index (κ1) is 17.2. The van der Waals surface area contributed by atoms with Gasteiger partial charge in [-0.2, -0.15) is 9.28 Å². The van der Waals surface area contributed by atoms with Gasteiger partial charge in [0.25, 0.3) is 6.23 Å². The molecule has 2 fully saturated rings. The molecule has 0 aromatic rings. The fourth-order valence-electron chi connectivity index (χ4n) is 3.35. The Kier molecular flexibility index (Phi) is 5.12. The predicted molar refractivity (Wildman–Crippen MR) is 81.9 cm³/mol. The number of quaternary nitrogens is 1. The van der Waals surface area contributed by atoms with Gasteiger partial charge in [-0.15, -0.1) is 0 Å². The molecule has 2 amide bonds. The van der Waals surface area contributed by atoms with E-state index in [-0.39, 0.29) is 10.5 Å². The zero-order valence-electron chi connectivity index (χ0n) is 13.9. The highest BCUT2D eigenvalue weighted by atomic mass is 16.6. The Balaban J connectivity index is 2.08. The molecule has 1 heterocycles. The number of carbonyl (C=O) groups is 2. The van der Waals surface area contributed by atoms with Crippen LogP contribution < -0.4 is 5.32 Å². The molecule has 22 heavy (non-hydrogen) atoms. The van der Waals surface area contributed by atoms with Crippen molar-refractivity contribution in [3.8, 4) is 0 Å². The normalized spacial score (nSPS) is 23.3. The summed E-state index contributed by atoms with van der Waals surface area (Å²) in [7, 11) is 0. The summed E-state index contributed by atoms with van der Waals surface area (Å²) in [4.78, 5) is 25.0. The highest BCUT2D eigenvalue weighted by molar-refractivity contribution is 5.81. The van der Waals surface area contributed by atoms with Crippen LogP contribution in [0.4, 0.5) is 4.79 Å². The van der Waals surface area contributed by atoms with Gasteiger partial charge in [0.2, 0.25) is 0 Å². The Morgan fingerprint density at radius 1 is 1.14 bits per heavy atom. The molecule has 1 unspecified atom stereocenters. The van der Waals surface area contributed by atoms with Crippen molar-refractivity contribution < 1.29 is 23.9 Å². The minimum absolute atomic E-state index is 0.128. The van der Waals surface area contributed by atoms with Crippen LogP contribution in [0.3, 0.4) is 0 Å². The third-order valence-corrected chi connectivity index (χ3v) is 4.53. The summed E-state index contributed by atoms with van der Waals surface area (Å²) in [6.45, 7) is 6.29. The number of ether oxygens (including phenoxy) is 1. The number of aliphatic hydroxyl groups excluding tert-OH is 1. The smallest absolute Gasteiger partial charge is 0.414 e. The number of aliphatic hydroxyl groups is 1. The fourth-order valence-corrected chi connectivity index (χ4v) is 3.35. The molecule has 0 bridgehead atoms. The van der Waals surface area contributed by atoms with E-state index in [1.165, 1.54) is 0 Å². The average Bonchev–Trinajstić information content (AvgIpc) is 3.07. The van der Waals surface area contributed by atoms with Crippen molar-refractivity contribution >= 4 is 12.0 Å². The molecule has 6 heteroatoms. The summed E-state index contributed by atoms with van der Waals surface area (Å²) >= 11 is 0. The van der Waals surface area contributed by atoms with Crippen LogP contribution >= 0.6 is 0 Å². The number of hydrogen-bond donors (Lipinski definition) is 2. The summed E-state index contributed by atoms with van der Waals surface area (Å²) in [5, 5.41) is 13.4. The van der Waals surface area contributed by atoms with Crippen molar-refractivity contribution in [2.45, 2.75) is 77.2 Å². The van der Waals surface area contributed by atoms with E-state index >= 15 is 0 Å². The van der Waals surface area contributed by atoms with Crippen LogP contribution in [0.5, 0.6) is 0 Å². The highest BCUT2D eigenvalue weighted by Crippen LogP contribution is 2.27. The van der Waals surface area contributed by atoms with Crippen LogP contribution in [0.1, 0.15) is 59.3 Å². The van der Waals surface area contributed by atoms with Gasteiger partial charge in [0.1, 0.15) is 5.60 Å². The summed E-state index contributed by atoms with van der Waals surface area (Å²) in [5.74, 6) is -0.445. The molecule has 0 aromatic heterocycles. The molecule has 0 aromatic carbocycles. The summed E-state index contributed by atoms with van der Waals surface area (Å²) in [5.41, 5.74) is -0.632. The first-order chi connectivity index (χ1) is 10.2. The zero-order valence-corrected chi connectivity index (χ0v) is 13.9. The van der Waals surface area contributed by atoms with E-state index in [2.05, 4.69) is 5.32 Å².